The Balaban J connectivity index is 2.19. The molecule has 2 rings (SSSR count). The fourth-order valence-electron chi connectivity index (χ4n) is 2.20. The van der Waals surface area contributed by atoms with Crippen molar-refractivity contribution in [3.8, 4) is 0 Å². The van der Waals surface area contributed by atoms with Crippen LogP contribution in [-0.4, -0.2) is 18.1 Å². The van der Waals surface area contributed by atoms with Gasteiger partial charge in [0.15, 0.2) is 0 Å². The van der Waals surface area contributed by atoms with Crippen molar-refractivity contribution in [2.24, 2.45) is 5.73 Å². The maximum Gasteiger partial charge on any atom is 0.0513 e. The lowest BCUT2D eigenvalue weighted by molar-refractivity contribution is 0.827. The molecule has 0 unspecified atom stereocenters. The van der Waals surface area contributed by atoms with E-state index in [0.717, 1.165) is 24.0 Å². The molecule has 0 spiro atoms. The van der Waals surface area contributed by atoms with Gasteiger partial charge in [-0.2, -0.15) is 0 Å². The van der Waals surface area contributed by atoms with E-state index >= 15 is 0 Å². The molecule has 0 amide bonds. The quantitative estimate of drug-likeness (QED) is 0.881. The van der Waals surface area contributed by atoms with Crippen molar-refractivity contribution in [3.63, 3.8) is 0 Å². The van der Waals surface area contributed by atoms with Gasteiger partial charge in [-0.05, 0) is 71.2 Å². The molecule has 4 heteroatoms. The van der Waals surface area contributed by atoms with Gasteiger partial charge in [0.05, 0.1) is 5.69 Å². The van der Waals surface area contributed by atoms with Gasteiger partial charge in [-0.1, -0.05) is 6.07 Å². The number of rotatable bonds is 6. The van der Waals surface area contributed by atoms with Crippen LogP contribution >= 0.6 is 15.9 Å². The Morgan fingerprint density at radius 2 is 1.90 bits per heavy atom. The summed E-state index contributed by atoms with van der Waals surface area (Å²) >= 11 is 3.68. The Labute approximate surface area is 129 Å². The molecule has 20 heavy (non-hydrogen) atoms. The minimum absolute atomic E-state index is 0.681. The Hall–Kier alpha value is -1.39. The van der Waals surface area contributed by atoms with E-state index in [0.29, 0.717) is 6.54 Å². The van der Waals surface area contributed by atoms with E-state index in [1.165, 1.54) is 16.8 Å². The third kappa shape index (κ3) is 3.81. The lowest BCUT2D eigenvalue weighted by Gasteiger charge is -2.25. The minimum atomic E-state index is 0.681. The Morgan fingerprint density at radius 3 is 2.50 bits per heavy atom. The first kappa shape index (κ1) is 15.0. The molecule has 1 aromatic heterocycles. The monoisotopic (exact) mass is 333 g/mol. The summed E-state index contributed by atoms with van der Waals surface area (Å²) in [5, 5.41) is 0. The van der Waals surface area contributed by atoms with Crippen molar-refractivity contribution in [1.82, 2.24) is 4.98 Å². The van der Waals surface area contributed by atoms with Gasteiger partial charge in [0, 0.05) is 30.0 Å². The Kier molecular flexibility index (Phi) is 5.56. The zero-order valence-corrected chi connectivity index (χ0v) is 13.3. The standard InChI is InChI=1S/C16H20BrN3/c1-2-20(12-14-6-9-19-10-7-14)16-4-3-13(5-8-18)11-15(16)17/h3-4,6-7,9-11H,2,5,8,12,18H2,1H3. The molecule has 2 aromatic rings. The number of halogens is 1. The summed E-state index contributed by atoms with van der Waals surface area (Å²) in [7, 11) is 0. The van der Waals surface area contributed by atoms with Crippen LogP contribution in [0.15, 0.2) is 47.2 Å². The molecule has 0 fully saturated rings. The summed E-state index contributed by atoms with van der Waals surface area (Å²) < 4.78 is 1.12. The number of nitrogens with zero attached hydrogens (tertiary/aromatic N) is 2. The molecule has 0 aliphatic heterocycles. The normalized spacial score (nSPS) is 10.6. The fourth-order valence-corrected chi connectivity index (χ4v) is 2.88. The minimum Gasteiger partial charge on any atom is -0.367 e. The molecule has 2 N–H and O–H groups in total. The van der Waals surface area contributed by atoms with Crippen LogP contribution in [0, 0.1) is 0 Å². The van der Waals surface area contributed by atoms with Crippen LogP contribution in [0.1, 0.15) is 18.1 Å². The zero-order chi connectivity index (χ0) is 14.4. The smallest absolute Gasteiger partial charge is 0.0513 e. The fraction of sp³-hybridized carbons (Fsp3) is 0.312. The second-order valence-corrected chi connectivity index (χ2v) is 5.55. The van der Waals surface area contributed by atoms with Crippen LogP contribution in [0.5, 0.6) is 0 Å². The first-order chi connectivity index (χ1) is 9.74. The highest BCUT2D eigenvalue weighted by Crippen LogP contribution is 2.28. The molecular formula is C16H20BrN3. The second-order valence-electron chi connectivity index (χ2n) is 4.69. The van der Waals surface area contributed by atoms with E-state index in [-0.39, 0.29) is 0 Å². The summed E-state index contributed by atoms with van der Waals surface area (Å²) in [4.78, 5) is 6.40. The molecule has 0 aliphatic carbocycles. The third-order valence-corrected chi connectivity index (χ3v) is 3.93. The van der Waals surface area contributed by atoms with Gasteiger partial charge in [0.1, 0.15) is 0 Å². The molecular weight excluding hydrogens is 314 g/mol. The summed E-state index contributed by atoms with van der Waals surface area (Å²) in [6.07, 6.45) is 4.58. The number of benzene rings is 1. The molecule has 0 radical (unpaired) electrons. The van der Waals surface area contributed by atoms with Crippen molar-refractivity contribution in [3.05, 3.63) is 58.3 Å². The van der Waals surface area contributed by atoms with Gasteiger partial charge in [-0.25, -0.2) is 0 Å². The van der Waals surface area contributed by atoms with Crippen LogP contribution in [0.4, 0.5) is 5.69 Å². The van der Waals surface area contributed by atoms with E-state index in [1.807, 2.05) is 12.4 Å². The Bertz CT molecular complexity index is 543. The van der Waals surface area contributed by atoms with E-state index in [1.54, 1.807) is 0 Å². The zero-order valence-electron chi connectivity index (χ0n) is 11.7. The largest absolute Gasteiger partial charge is 0.367 e. The predicted octanol–water partition coefficient (Wildman–Crippen LogP) is 3.37. The van der Waals surface area contributed by atoms with Gasteiger partial charge < -0.3 is 10.6 Å². The summed E-state index contributed by atoms with van der Waals surface area (Å²) in [6.45, 7) is 4.69. The van der Waals surface area contributed by atoms with Crippen molar-refractivity contribution >= 4 is 21.6 Å². The number of pyridine rings is 1. The maximum absolute atomic E-state index is 5.61. The van der Waals surface area contributed by atoms with Crippen LogP contribution < -0.4 is 10.6 Å². The third-order valence-electron chi connectivity index (χ3n) is 3.29. The van der Waals surface area contributed by atoms with E-state index in [2.05, 4.69) is 63.1 Å². The van der Waals surface area contributed by atoms with Crippen LogP contribution in [0.25, 0.3) is 0 Å². The first-order valence-electron chi connectivity index (χ1n) is 6.87. The molecule has 0 atom stereocenters. The molecule has 0 aliphatic rings. The maximum atomic E-state index is 5.61. The molecule has 1 heterocycles. The summed E-state index contributed by atoms with van der Waals surface area (Å²) in [5.74, 6) is 0. The molecule has 0 saturated carbocycles. The predicted molar refractivity (Wildman–Crippen MR) is 87.9 cm³/mol. The first-order valence-corrected chi connectivity index (χ1v) is 7.66. The summed E-state index contributed by atoms with van der Waals surface area (Å²) in [5.41, 5.74) is 9.35. The molecule has 106 valence electrons. The van der Waals surface area contributed by atoms with E-state index in [9.17, 15) is 0 Å². The van der Waals surface area contributed by atoms with E-state index in [4.69, 9.17) is 5.73 Å². The highest BCUT2D eigenvalue weighted by molar-refractivity contribution is 9.10. The highest BCUT2D eigenvalue weighted by Gasteiger charge is 2.09. The number of hydrogen-bond donors (Lipinski definition) is 1. The van der Waals surface area contributed by atoms with Crippen LogP contribution in [-0.2, 0) is 13.0 Å². The molecule has 3 nitrogen and oxygen atoms in total. The lowest BCUT2D eigenvalue weighted by Crippen LogP contribution is -2.22. The second kappa shape index (κ2) is 7.41. The number of hydrogen-bond acceptors (Lipinski definition) is 3. The van der Waals surface area contributed by atoms with Crippen molar-refractivity contribution in [2.45, 2.75) is 19.9 Å². The molecule has 1 aromatic carbocycles. The number of aromatic nitrogens is 1. The average Bonchev–Trinajstić information content (AvgIpc) is 2.47. The van der Waals surface area contributed by atoms with Crippen molar-refractivity contribution < 1.29 is 0 Å². The van der Waals surface area contributed by atoms with Gasteiger partial charge in [0.2, 0.25) is 0 Å². The van der Waals surface area contributed by atoms with Crippen molar-refractivity contribution in [1.29, 1.82) is 0 Å². The van der Waals surface area contributed by atoms with Gasteiger partial charge >= 0.3 is 0 Å². The average molecular weight is 334 g/mol. The Morgan fingerprint density at radius 1 is 1.15 bits per heavy atom. The van der Waals surface area contributed by atoms with Crippen molar-refractivity contribution in [2.75, 3.05) is 18.0 Å². The lowest BCUT2D eigenvalue weighted by atomic mass is 10.1. The van der Waals surface area contributed by atoms with Gasteiger partial charge in [0.25, 0.3) is 0 Å². The topological polar surface area (TPSA) is 42.2 Å². The SMILES string of the molecule is CCN(Cc1ccncc1)c1ccc(CCN)cc1Br. The highest BCUT2D eigenvalue weighted by atomic mass is 79.9. The van der Waals surface area contributed by atoms with Crippen LogP contribution in [0.2, 0.25) is 0 Å². The van der Waals surface area contributed by atoms with E-state index < -0.39 is 0 Å². The van der Waals surface area contributed by atoms with Crippen LogP contribution in [0.3, 0.4) is 0 Å². The van der Waals surface area contributed by atoms with Gasteiger partial charge in [-0.3, -0.25) is 4.98 Å². The van der Waals surface area contributed by atoms with Gasteiger partial charge in [-0.15, -0.1) is 0 Å². The number of nitrogens with two attached hydrogens (primary N) is 1. The number of anilines is 1. The molecule has 0 saturated heterocycles. The molecule has 0 bridgehead atoms. The summed E-state index contributed by atoms with van der Waals surface area (Å²) in [6, 6.07) is 10.6.